The highest BCUT2D eigenvalue weighted by atomic mass is 16.5. The maximum Gasteiger partial charge on any atom is 0.339 e. The zero-order valence-electron chi connectivity index (χ0n) is 15.3. The molecule has 2 aliphatic rings. The Bertz CT molecular complexity index is 920. The number of likely N-dealkylation sites (tertiary alicyclic amines) is 1. The standard InChI is InChI=1S/C21H24N2O4/c24-19-11-17(16-7-3-4-8-18(16)22-19)21(26)27-13-20(25)23-10-9-14-5-1-2-6-15(14)12-23/h3-4,7-8,11,14-15H,1-2,5-6,9-10,12-13H2,(H,22,24)/t14-,15-/m0/s1. The summed E-state index contributed by atoms with van der Waals surface area (Å²) < 4.78 is 5.26. The number of piperidine rings is 1. The molecule has 1 saturated carbocycles. The van der Waals surface area contributed by atoms with Crippen LogP contribution in [-0.4, -0.2) is 41.5 Å². The molecule has 27 heavy (non-hydrogen) atoms. The third-order valence-corrected chi connectivity index (χ3v) is 5.94. The fourth-order valence-corrected chi connectivity index (χ4v) is 4.50. The van der Waals surface area contributed by atoms with Crippen LogP contribution in [0, 0.1) is 11.8 Å². The molecule has 1 aromatic heterocycles. The Morgan fingerprint density at radius 2 is 1.89 bits per heavy atom. The number of carbonyl (C=O) groups excluding carboxylic acids is 2. The number of nitrogens with zero attached hydrogens (tertiary/aromatic N) is 1. The number of fused-ring (bicyclic) bond motifs is 2. The first-order chi connectivity index (χ1) is 13.1. The minimum Gasteiger partial charge on any atom is -0.452 e. The second-order valence-electron chi connectivity index (χ2n) is 7.60. The summed E-state index contributed by atoms with van der Waals surface area (Å²) in [4.78, 5) is 41.3. The molecule has 2 fully saturated rings. The Kier molecular flexibility index (Phi) is 4.97. The van der Waals surface area contributed by atoms with Crippen LogP contribution >= 0.6 is 0 Å². The lowest BCUT2D eigenvalue weighted by atomic mass is 9.75. The number of aromatic nitrogens is 1. The van der Waals surface area contributed by atoms with Gasteiger partial charge < -0.3 is 14.6 Å². The lowest BCUT2D eigenvalue weighted by molar-refractivity contribution is -0.137. The second kappa shape index (κ2) is 7.55. The van der Waals surface area contributed by atoms with Crippen molar-refractivity contribution in [3.63, 3.8) is 0 Å². The summed E-state index contributed by atoms with van der Waals surface area (Å²) in [5.74, 6) is 0.538. The van der Waals surface area contributed by atoms with Crippen LogP contribution in [-0.2, 0) is 9.53 Å². The van der Waals surface area contributed by atoms with E-state index < -0.39 is 5.97 Å². The molecule has 142 valence electrons. The van der Waals surface area contributed by atoms with Gasteiger partial charge in [-0.2, -0.15) is 0 Å². The average Bonchev–Trinajstić information content (AvgIpc) is 2.70. The number of aromatic amines is 1. The maximum absolute atomic E-state index is 12.5. The van der Waals surface area contributed by atoms with Gasteiger partial charge in [-0.05, 0) is 30.7 Å². The minimum atomic E-state index is -0.641. The molecular formula is C21H24N2O4. The third kappa shape index (κ3) is 3.75. The third-order valence-electron chi connectivity index (χ3n) is 5.94. The first kappa shape index (κ1) is 17.8. The Labute approximate surface area is 157 Å². The van der Waals surface area contributed by atoms with Crippen LogP contribution in [0.2, 0.25) is 0 Å². The zero-order valence-corrected chi connectivity index (χ0v) is 15.3. The fraction of sp³-hybridized carbons (Fsp3) is 0.476. The van der Waals surface area contributed by atoms with Crippen LogP contribution in [0.1, 0.15) is 42.5 Å². The van der Waals surface area contributed by atoms with Crippen LogP contribution in [0.4, 0.5) is 0 Å². The summed E-state index contributed by atoms with van der Waals surface area (Å²) in [5.41, 5.74) is 0.391. The molecule has 0 spiro atoms. The van der Waals surface area contributed by atoms with Crippen LogP contribution in [0.3, 0.4) is 0 Å². The van der Waals surface area contributed by atoms with Crippen molar-refractivity contribution in [2.75, 3.05) is 19.7 Å². The molecule has 0 bridgehead atoms. The number of hydrogen-bond acceptors (Lipinski definition) is 4. The van der Waals surface area contributed by atoms with Gasteiger partial charge in [0.25, 0.3) is 5.91 Å². The lowest BCUT2D eigenvalue weighted by Crippen LogP contribution is -2.46. The van der Waals surface area contributed by atoms with Crippen molar-refractivity contribution in [2.45, 2.75) is 32.1 Å². The van der Waals surface area contributed by atoms with E-state index in [2.05, 4.69) is 4.98 Å². The number of hydrogen-bond donors (Lipinski definition) is 1. The van der Waals surface area contributed by atoms with Gasteiger partial charge in [-0.25, -0.2) is 4.79 Å². The molecule has 1 aromatic carbocycles. The van der Waals surface area contributed by atoms with Crippen LogP contribution in [0.5, 0.6) is 0 Å². The van der Waals surface area contributed by atoms with Gasteiger partial charge in [0.1, 0.15) is 0 Å². The summed E-state index contributed by atoms with van der Waals surface area (Å²) in [6.45, 7) is 1.23. The summed E-state index contributed by atoms with van der Waals surface area (Å²) in [6, 6.07) is 8.27. The molecule has 6 heteroatoms. The molecule has 2 atom stereocenters. The Hall–Kier alpha value is -2.63. The predicted octanol–water partition coefficient (Wildman–Crippen LogP) is 2.72. The Morgan fingerprint density at radius 3 is 2.74 bits per heavy atom. The van der Waals surface area contributed by atoms with Gasteiger partial charge in [0, 0.05) is 30.1 Å². The van der Waals surface area contributed by atoms with Crippen molar-refractivity contribution in [3.05, 3.63) is 46.2 Å². The van der Waals surface area contributed by atoms with Crippen molar-refractivity contribution in [1.29, 1.82) is 0 Å². The number of carbonyl (C=O) groups is 2. The molecule has 1 N–H and O–H groups in total. The number of ether oxygens (including phenoxy) is 1. The first-order valence-corrected chi connectivity index (χ1v) is 9.69. The number of rotatable bonds is 3. The van der Waals surface area contributed by atoms with Crippen LogP contribution in [0.15, 0.2) is 35.1 Å². The maximum atomic E-state index is 12.5. The Morgan fingerprint density at radius 1 is 1.11 bits per heavy atom. The van der Waals surface area contributed by atoms with Crippen molar-refractivity contribution >= 4 is 22.8 Å². The van der Waals surface area contributed by atoms with Crippen molar-refractivity contribution in [1.82, 2.24) is 9.88 Å². The number of benzene rings is 1. The molecule has 1 aliphatic heterocycles. The zero-order chi connectivity index (χ0) is 18.8. The summed E-state index contributed by atoms with van der Waals surface area (Å²) in [5, 5.41) is 0.609. The quantitative estimate of drug-likeness (QED) is 0.845. The van der Waals surface area contributed by atoms with E-state index in [1.807, 2.05) is 4.90 Å². The number of nitrogens with one attached hydrogen (secondary N) is 1. The molecule has 0 radical (unpaired) electrons. The van der Waals surface area contributed by atoms with Crippen molar-refractivity contribution in [3.8, 4) is 0 Å². The number of amides is 1. The molecule has 2 heterocycles. The van der Waals surface area contributed by atoms with Gasteiger partial charge in [-0.3, -0.25) is 9.59 Å². The van der Waals surface area contributed by atoms with E-state index in [0.29, 0.717) is 16.8 Å². The minimum absolute atomic E-state index is 0.151. The number of H-pyrrole nitrogens is 1. The molecule has 1 saturated heterocycles. The van der Waals surface area contributed by atoms with Gasteiger partial charge in [0.15, 0.2) is 6.61 Å². The summed E-state index contributed by atoms with van der Waals surface area (Å²) in [7, 11) is 0. The highest BCUT2D eigenvalue weighted by molar-refractivity contribution is 6.03. The number of para-hydroxylation sites is 1. The monoisotopic (exact) mass is 368 g/mol. The SMILES string of the molecule is O=C(OCC(=O)N1CC[C@@H]2CCCC[C@H]2C1)c1cc(=O)[nH]c2ccccc12. The second-order valence-corrected chi connectivity index (χ2v) is 7.60. The smallest absolute Gasteiger partial charge is 0.339 e. The fourth-order valence-electron chi connectivity index (χ4n) is 4.50. The normalized spacial score (nSPS) is 22.3. The molecule has 4 rings (SSSR count). The largest absolute Gasteiger partial charge is 0.452 e. The van der Waals surface area contributed by atoms with Gasteiger partial charge in [0.2, 0.25) is 5.56 Å². The van der Waals surface area contributed by atoms with Gasteiger partial charge in [-0.1, -0.05) is 37.5 Å². The molecule has 2 aromatic rings. The van der Waals surface area contributed by atoms with E-state index in [0.717, 1.165) is 25.4 Å². The van der Waals surface area contributed by atoms with E-state index in [4.69, 9.17) is 4.74 Å². The van der Waals surface area contributed by atoms with Crippen LogP contribution in [0.25, 0.3) is 10.9 Å². The molecule has 6 nitrogen and oxygen atoms in total. The van der Waals surface area contributed by atoms with Gasteiger partial charge in [0.05, 0.1) is 5.56 Å². The number of esters is 1. The van der Waals surface area contributed by atoms with E-state index >= 15 is 0 Å². The van der Waals surface area contributed by atoms with Gasteiger partial charge >= 0.3 is 5.97 Å². The summed E-state index contributed by atoms with van der Waals surface area (Å²) in [6.07, 6.45) is 6.05. The molecular weight excluding hydrogens is 344 g/mol. The van der Waals surface area contributed by atoms with Gasteiger partial charge in [-0.15, -0.1) is 0 Å². The van der Waals surface area contributed by atoms with E-state index in [9.17, 15) is 14.4 Å². The summed E-state index contributed by atoms with van der Waals surface area (Å²) >= 11 is 0. The van der Waals surface area contributed by atoms with Crippen LogP contribution < -0.4 is 5.56 Å². The highest BCUT2D eigenvalue weighted by Crippen LogP contribution is 2.36. The molecule has 1 amide bonds. The molecule has 0 unspecified atom stereocenters. The number of pyridine rings is 1. The predicted molar refractivity (Wildman–Crippen MR) is 101 cm³/mol. The highest BCUT2D eigenvalue weighted by Gasteiger charge is 2.33. The van der Waals surface area contributed by atoms with E-state index in [-0.39, 0.29) is 23.6 Å². The Balaban J connectivity index is 1.41. The topological polar surface area (TPSA) is 79.5 Å². The van der Waals surface area contributed by atoms with E-state index in [1.165, 1.54) is 31.7 Å². The lowest BCUT2D eigenvalue weighted by Gasteiger charge is -2.41. The first-order valence-electron chi connectivity index (χ1n) is 9.69. The van der Waals surface area contributed by atoms with Crippen molar-refractivity contribution < 1.29 is 14.3 Å². The van der Waals surface area contributed by atoms with E-state index in [1.54, 1.807) is 24.3 Å². The molecule has 1 aliphatic carbocycles. The van der Waals surface area contributed by atoms with Crippen molar-refractivity contribution in [2.24, 2.45) is 11.8 Å². The average molecular weight is 368 g/mol.